The molecule has 4 aromatic rings. The van der Waals surface area contributed by atoms with Gasteiger partial charge in [0.1, 0.15) is 6.04 Å². The average molecular weight is 396 g/mol. The number of fused-ring (bicyclic) bond motifs is 2. The van der Waals surface area contributed by atoms with E-state index in [1.54, 1.807) is 48.5 Å². The third-order valence-electron chi connectivity index (χ3n) is 5.25. The van der Waals surface area contributed by atoms with Gasteiger partial charge in [-0.15, -0.1) is 0 Å². The predicted octanol–water partition coefficient (Wildman–Crippen LogP) is 3.77. The summed E-state index contributed by atoms with van der Waals surface area (Å²) in [6, 6.07) is 22.1. The van der Waals surface area contributed by atoms with Gasteiger partial charge in [-0.05, 0) is 29.8 Å². The lowest BCUT2D eigenvalue weighted by molar-refractivity contribution is 0.0553. The number of carbonyl (C=O) groups is 2. The van der Waals surface area contributed by atoms with E-state index in [1.807, 2.05) is 30.3 Å². The van der Waals surface area contributed by atoms with E-state index in [0.29, 0.717) is 22.0 Å². The van der Waals surface area contributed by atoms with Gasteiger partial charge in [-0.2, -0.15) is 0 Å². The summed E-state index contributed by atoms with van der Waals surface area (Å²) < 4.78 is 5.52. The summed E-state index contributed by atoms with van der Waals surface area (Å²) >= 11 is 0. The molecule has 0 saturated heterocycles. The minimum absolute atomic E-state index is 0.0389. The van der Waals surface area contributed by atoms with Crippen molar-refractivity contribution in [3.63, 3.8) is 0 Å². The number of amides is 2. The van der Waals surface area contributed by atoms with Crippen molar-refractivity contribution in [2.75, 3.05) is 0 Å². The first-order valence-electron chi connectivity index (χ1n) is 9.54. The Kier molecular flexibility index (Phi) is 4.25. The largest absolute Gasteiger partial charge is 0.406 e. The van der Waals surface area contributed by atoms with Crippen molar-refractivity contribution < 1.29 is 14.0 Å². The van der Waals surface area contributed by atoms with Gasteiger partial charge in [-0.1, -0.05) is 54.6 Å². The highest BCUT2D eigenvalue weighted by Crippen LogP contribution is 2.33. The van der Waals surface area contributed by atoms with Crippen LogP contribution in [0.25, 0.3) is 10.9 Å². The predicted molar refractivity (Wildman–Crippen MR) is 110 cm³/mol. The molecule has 0 N–H and O–H groups in total. The lowest BCUT2D eigenvalue weighted by Crippen LogP contribution is -2.36. The average Bonchev–Trinajstić information content (AvgIpc) is 3.03. The quantitative estimate of drug-likeness (QED) is 0.491. The van der Waals surface area contributed by atoms with Crippen molar-refractivity contribution in [2.24, 2.45) is 0 Å². The highest BCUT2D eigenvalue weighted by atomic mass is 16.4. The summed E-state index contributed by atoms with van der Waals surface area (Å²) in [6.45, 7) is 0. The zero-order valence-electron chi connectivity index (χ0n) is 15.8. The summed E-state index contributed by atoms with van der Waals surface area (Å²) in [5, 5.41) is 0.349. The minimum atomic E-state index is -0.850. The molecular formula is C24H16N2O4. The van der Waals surface area contributed by atoms with Gasteiger partial charge in [0.2, 0.25) is 5.89 Å². The molecular weight excluding hydrogens is 380 g/mol. The summed E-state index contributed by atoms with van der Waals surface area (Å²) in [5.41, 5.74) is 1.47. The number of hydrogen-bond acceptors (Lipinski definition) is 5. The molecule has 1 aliphatic rings. The highest BCUT2D eigenvalue weighted by molar-refractivity contribution is 6.21. The lowest BCUT2D eigenvalue weighted by atomic mass is 10.0. The van der Waals surface area contributed by atoms with E-state index in [9.17, 15) is 14.4 Å². The molecule has 6 heteroatoms. The molecule has 0 unspecified atom stereocenters. The zero-order chi connectivity index (χ0) is 20.7. The maximum absolute atomic E-state index is 13.1. The van der Waals surface area contributed by atoms with E-state index in [0.717, 1.165) is 10.5 Å². The molecule has 5 rings (SSSR count). The fourth-order valence-electron chi connectivity index (χ4n) is 3.80. The highest BCUT2D eigenvalue weighted by Gasteiger charge is 2.42. The van der Waals surface area contributed by atoms with Gasteiger partial charge in [0.15, 0.2) is 0 Å². The fraction of sp³-hybridized carbons (Fsp3) is 0.0833. The van der Waals surface area contributed by atoms with Crippen LogP contribution in [0.5, 0.6) is 0 Å². The molecule has 2 heterocycles. The monoisotopic (exact) mass is 396 g/mol. The van der Waals surface area contributed by atoms with Crippen molar-refractivity contribution in [1.29, 1.82) is 0 Å². The number of nitrogens with zero attached hydrogens (tertiary/aromatic N) is 2. The van der Waals surface area contributed by atoms with E-state index in [-0.39, 0.29) is 12.3 Å². The van der Waals surface area contributed by atoms with Crippen molar-refractivity contribution in [3.05, 3.63) is 112 Å². The number of benzene rings is 3. The Morgan fingerprint density at radius 1 is 0.767 bits per heavy atom. The molecule has 0 bridgehead atoms. The number of rotatable bonds is 4. The summed E-state index contributed by atoms with van der Waals surface area (Å²) in [6.07, 6.45) is 0.278. The van der Waals surface area contributed by atoms with Crippen LogP contribution in [0, 0.1) is 0 Å². The van der Waals surface area contributed by atoms with Crippen molar-refractivity contribution in [3.8, 4) is 0 Å². The maximum Gasteiger partial charge on any atom is 0.346 e. The Labute approximate surface area is 171 Å². The van der Waals surface area contributed by atoms with Crippen LogP contribution in [0.1, 0.15) is 38.2 Å². The van der Waals surface area contributed by atoms with Crippen LogP contribution < -0.4 is 5.63 Å². The summed E-state index contributed by atoms with van der Waals surface area (Å²) in [4.78, 5) is 44.4. The molecule has 0 fully saturated rings. The molecule has 1 aromatic heterocycles. The second-order valence-electron chi connectivity index (χ2n) is 7.09. The Balaban J connectivity index is 1.66. The van der Waals surface area contributed by atoms with Gasteiger partial charge in [0.25, 0.3) is 11.8 Å². The molecule has 2 amide bonds. The van der Waals surface area contributed by atoms with Gasteiger partial charge >= 0.3 is 5.63 Å². The van der Waals surface area contributed by atoms with E-state index in [4.69, 9.17) is 4.42 Å². The third kappa shape index (κ3) is 2.90. The molecule has 0 spiro atoms. The molecule has 30 heavy (non-hydrogen) atoms. The van der Waals surface area contributed by atoms with E-state index in [2.05, 4.69) is 4.98 Å². The van der Waals surface area contributed by atoms with Gasteiger partial charge in [0.05, 0.1) is 22.0 Å². The van der Waals surface area contributed by atoms with Crippen LogP contribution in [0.4, 0.5) is 0 Å². The van der Waals surface area contributed by atoms with Crippen LogP contribution >= 0.6 is 0 Å². The second-order valence-corrected chi connectivity index (χ2v) is 7.09. The molecule has 0 radical (unpaired) electrons. The van der Waals surface area contributed by atoms with Crippen LogP contribution in [-0.4, -0.2) is 21.7 Å². The summed E-state index contributed by atoms with van der Waals surface area (Å²) in [7, 11) is 0. The first kappa shape index (κ1) is 18.0. The molecule has 0 aliphatic carbocycles. The second kappa shape index (κ2) is 7.08. The Morgan fingerprint density at radius 3 is 2.07 bits per heavy atom. The van der Waals surface area contributed by atoms with Gasteiger partial charge in [-0.3, -0.25) is 14.5 Å². The molecule has 1 aliphatic heterocycles. The molecule has 0 saturated carbocycles. The van der Waals surface area contributed by atoms with Crippen molar-refractivity contribution >= 4 is 22.7 Å². The van der Waals surface area contributed by atoms with Crippen LogP contribution in [0.3, 0.4) is 0 Å². The maximum atomic E-state index is 13.1. The van der Waals surface area contributed by atoms with E-state index in [1.165, 1.54) is 0 Å². The van der Waals surface area contributed by atoms with Crippen molar-refractivity contribution in [1.82, 2.24) is 9.88 Å². The number of aromatic nitrogens is 1. The molecule has 146 valence electrons. The molecule has 6 nitrogen and oxygen atoms in total. The molecule has 1 atom stereocenters. The minimum Gasteiger partial charge on any atom is -0.406 e. The van der Waals surface area contributed by atoms with Crippen molar-refractivity contribution in [2.45, 2.75) is 12.5 Å². The van der Waals surface area contributed by atoms with Crippen LogP contribution in [-0.2, 0) is 6.42 Å². The Hall–Kier alpha value is -4.06. The van der Waals surface area contributed by atoms with Gasteiger partial charge < -0.3 is 4.42 Å². The van der Waals surface area contributed by atoms with Crippen LogP contribution in [0.2, 0.25) is 0 Å². The number of hydrogen-bond donors (Lipinski definition) is 0. The number of imide groups is 1. The van der Waals surface area contributed by atoms with E-state index < -0.39 is 23.5 Å². The Morgan fingerprint density at radius 2 is 1.37 bits per heavy atom. The smallest absolute Gasteiger partial charge is 0.346 e. The molecule has 3 aromatic carbocycles. The van der Waals surface area contributed by atoms with Gasteiger partial charge in [-0.25, -0.2) is 9.78 Å². The standard InChI is InChI=1S/C24H16N2O4/c27-22-16-10-4-5-11-17(16)23(28)26(22)20(14-15-8-2-1-3-9-15)21-25-19-13-7-6-12-18(19)24(29)30-21/h1-13,20H,14H2/t20-/m0/s1. The first-order chi connectivity index (χ1) is 14.6. The third-order valence-corrected chi connectivity index (χ3v) is 5.25. The van der Waals surface area contributed by atoms with E-state index >= 15 is 0 Å². The number of para-hydroxylation sites is 1. The Bertz CT molecular complexity index is 1310. The fourth-order valence-corrected chi connectivity index (χ4v) is 3.80. The normalized spacial score (nSPS) is 14.2. The lowest BCUT2D eigenvalue weighted by Gasteiger charge is -2.24. The number of carbonyl (C=O) groups excluding carboxylic acids is 2. The SMILES string of the molecule is O=C1c2ccccc2C(=O)N1[C@@H](Cc1ccccc1)c1nc2ccccc2c(=O)o1. The zero-order valence-corrected chi connectivity index (χ0v) is 15.8. The van der Waals surface area contributed by atoms with Crippen LogP contribution in [0.15, 0.2) is 88.1 Å². The topological polar surface area (TPSA) is 80.5 Å². The first-order valence-corrected chi connectivity index (χ1v) is 9.54. The van der Waals surface area contributed by atoms with Gasteiger partial charge in [0, 0.05) is 6.42 Å². The summed E-state index contributed by atoms with van der Waals surface area (Å²) in [5.74, 6) is -0.805.